The molecule has 1 rings (SSSR count). The van der Waals surface area contributed by atoms with Gasteiger partial charge in [-0.05, 0) is 42.6 Å². The van der Waals surface area contributed by atoms with Gasteiger partial charge in [-0.25, -0.2) is 0 Å². The minimum absolute atomic E-state index is 0.131. The molecule has 25 heavy (non-hydrogen) atoms. The van der Waals surface area contributed by atoms with Crippen molar-refractivity contribution in [2.45, 2.75) is 90.5 Å². The molecule has 142 valence electrons. The molecule has 0 amide bonds. The Bertz CT molecular complexity index is 592. The Morgan fingerprint density at radius 1 is 0.960 bits per heavy atom. The van der Waals surface area contributed by atoms with E-state index in [0.29, 0.717) is 0 Å². The topological polar surface area (TPSA) is 9.23 Å². The van der Waals surface area contributed by atoms with Crippen LogP contribution in [0, 0.1) is 0 Å². The largest absolute Gasteiger partial charge is 0.413 e. The molecule has 0 saturated carbocycles. The third kappa shape index (κ3) is 4.55. The summed E-state index contributed by atoms with van der Waals surface area (Å²) in [6.07, 6.45) is 2.26. The maximum Gasteiger partial charge on any atom is 0.192 e. The molecule has 1 aromatic rings. The van der Waals surface area contributed by atoms with Crippen molar-refractivity contribution in [3.63, 3.8) is 0 Å². The fraction of sp³-hybridized carbons (Fsp3) is 0.636. The molecule has 0 saturated heterocycles. The van der Waals surface area contributed by atoms with E-state index in [1.807, 2.05) is 0 Å². The number of allylic oxidation sites excluding steroid dienone is 1. The van der Waals surface area contributed by atoms with Gasteiger partial charge in [0.1, 0.15) is 0 Å². The lowest BCUT2D eigenvalue weighted by Gasteiger charge is -2.50. The lowest BCUT2D eigenvalue weighted by molar-refractivity contribution is 0.267. The van der Waals surface area contributed by atoms with E-state index in [4.69, 9.17) is 4.43 Å². The zero-order chi connectivity index (χ0) is 19.7. The predicted molar refractivity (Wildman–Crippen MR) is 118 cm³/mol. The fourth-order valence-electron chi connectivity index (χ4n) is 2.99. The van der Waals surface area contributed by atoms with E-state index >= 15 is 0 Å². The quantitative estimate of drug-likeness (QED) is 0.380. The van der Waals surface area contributed by atoms with Crippen LogP contribution in [-0.2, 0) is 9.46 Å². The summed E-state index contributed by atoms with van der Waals surface area (Å²) in [7, 11) is -3.67. The molecule has 3 heteroatoms. The normalized spacial score (nSPS) is 16.0. The molecule has 1 nitrogen and oxygen atoms in total. The maximum absolute atomic E-state index is 7.06. The average molecular weight is 377 g/mol. The van der Waals surface area contributed by atoms with Gasteiger partial charge in [0.05, 0.1) is 13.8 Å². The van der Waals surface area contributed by atoms with Crippen molar-refractivity contribution >= 4 is 16.4 Å². The van der Waals surface area contributed by atoms with Gasteiger partial charge >= 0.3 is 0 Å². The zero-order valence-corrected chi connectivity index (χ0v) is 20.4. The van der Waals surface area contributed by atoms with Crippen molar-refractivity contribution in [2.75, 3.05) is 0 Å². The molecule has 1 atom stereocenters. The Hall–Kier alpha value is -0.646. The minimum Gasteiger partial charge on any atom is -0.413 e. The van der Waals surface area contributed by atoms with Crippen molar-refractivity contribution in [1.82, 2.24) is 0 Å². The Labute approximate surface area is 159 Å². The van der Waals surface area contributed by atoms with Gasteiger partial charge in [-0.2, -0.15) is 0 Å². The molecule has 0 heterocycles. The molecule has 0 aromatic heterocycles. The third-order valence-corrected chi connectivity index (χ3v) is 16.9. The van der Waals surface area contributed by atoms with E-state index in [1.54, 1.807) is 0 Å². The molecule has 0 aliphatic rings. The molecule has 0 aliphatic carbocycles. The van der Waals surface area contributed by atoms with Gasteiger partial charge in [0, 0.05) is 0 Å². The molecule has 1 unspecified atom stereocenters. The monoisotopic (exact) mass is 376 g/mol. The van der Waals surface area contributed by atoms with Crippen molar-refractivity contribution in [1.29, 1.82) is 0 Å². The molecule has 1 aromatic carbocycles. The summed E-state index contributed by atoms with van der Waals surface area (Å²) >= 11 is 0. The smallest absolute Gasteiger partial charge is 0.192 e. The fourth-order valence-corrected chi connectivity index (χ4v) is 9.05. The molecular formula is C22H40OSi2. The van der Waals surface area contributed by atoms with Crippen LogP contribution in [0.3, 0.4) is 0 Å². The standard InChI is InChI=1S/C22H40OSi2/c1-12-18(2)20(23-25(10,11)21(3,4)5)24(8,9)22(6,7)19-16-14-13-15-17-19/h12-17,20H,1-11H3/b18-12+. The summed E-state index contributed by atoms with van der Waals surface area (Å²) in [5.41, 5.74) is 3.07. The first kappa shape index (κ1) is 22.4. The maximum atomic E-state index is 7.06. The molecule has 0 bridgehead atoms. The van der Waals surface area contributed by atoms with E-state index in [2.05, 4.69) is 111 Å². The molecule has 0 fully saturated rings. The van der Waals surface area contributed by atoms with E-state index in [-0.39, 0.29) is 15.8 Å². The first-order valence-corrected chi connectivity index (χ1v) is 15.5. The van der Waals surface area contributed by atoms with Crippen molar-refractivity contribution in [3.05, 3.63) is 47.5 Å². The summed E-state index contributed by atoms with van der Waals surface area (Å²) in [6.45, 7) is 26.0. The zero-order valence-electron chi connectivity index (χ0n) is 18.4. The van der Waals surface area contributed by atoms with Crippen LogP contribution in [0.5, 0.6) is 0 Å². The second kappa shape index (κ2) is 7.54. The van der Waals surface area contributed by atoms with Gasteiger partial charge in [0.15, 0.2) is 8.32 Å². The lowest BCUT2D eigenvalue weighted by atomic mass is 10.0. The lowest BCUT2D eigenvalue weighted by Crippen LogP contribution is -2.61. The van der Waals surface area contributed by atoms with Gasteiger partial charge in [-0.3, -0.25) is 0 Å². The van der Waals surface area contributed by atoms with Crippen molar-refractivity contribution < 1.29 is 4.43 Å². The summed E-state index contributed by atoms with van der Waals surface area (Å²) in [6, 6.07) is 11.0. The molecular weight excluding hydrogens is 336 g/mol. The Morgan fingerprint density at radius 3 is 1.84 bits per heavy atom. The molecule has 0 spiro atoms. The highest BCUT2D eigenvalue weighted by molar-refractivity contribution is 6.83. The van der Waals surface area contributed by atoms with Gasteiger partial charge < -0.3 is 4.43 Å². The minimum atomic E-state index is -1.84. The van der Waals surface area contributed by atoms with Gasteiger partial charge in [-0.1, -0.05) is 89.7 Å². The Balaban J connectivity index is 3.39. The van der Waals surface area contributed by atoms with E-state index in [1.165, 1.54) is 11.1 Å². The van der Waals surface area contributed by atoms with Gasteiger partial charge in [0.25, 0.3) is 0 Å². The number of hydrogen-bond acceptors (Lipinski definition) is 1. The Kier molecular flexibility index (Phi) is 6.75. The van der Waals surface area contributed by atoms with Gasteiger partial charge in [0.2, 0.25) is 0 Å². The van der Waals surface area contributed by atoms with Gasteiger partial charge in [-0.15, -0.1) is 0 Å². The summed E-state index contributed by atoms with van der Waals surface area (Å²) in [5.74, 6) is 0. The first-order chi connectivity index (χ1) is 11.2. The highest BCUT2D eigenvalue weighted by Gasteiger charge is 2.50. The van der Waals surface area contributed by atoms with Crippen molar-refractivity contribution in [3.8, 4) is 0 Å². The number of rotatable bonds is 6. The van der Waals surface area contributed by atoms with E-state index < -0.39 is 16.4 Å². The third-order valence-electron chi connectivity index (χ3n) is 6.85. The van der Waals surface area contributed by atoms with Crippen LogP contribution >= 0.6 is 0 Å². The van der Waals surface area contributed by atoms with E-state index in [9.17, 15) is 0 Å². The summed E-state index contributed by atoms with van der Waals surface area (Å²) in [4.78, 5) is 0. The van der Waals surface area contributed by atoms with Crippen LogP contribution in [0.2, 0.25) is 31.2 Å². The highest BCUT2D eigenvalue weighted by Crippen LogP contribution is 2.43. The Morgan fingerprint density at radius 2 is 1.44 bits per heavy atom. The second-order valence-electron chi connectivity index (χ2n) is 10.0. The van der Waals surface area contributed by atoms with Crippen LogP contribution < -0.4 is 0 Å². The molecule has 0 radical (unpaired) electrons. The van der Waals surface area contributed by atoms with Crippen LogP contribution in [0.15, 0.2) is 42.0 Å². The van der Waals surface area contributed by atoms with Crippen LogP contribution in [0.1, 0.15) is 54.0 Å². The second-order valence-corrected chi connectivity index (χ2v) is 20.0. The van der Waals surface area contributed by atoms with Crippen LogP contribution in [0.4, 0.5) is 0 Å². The summed E-state index contributed by atoms with van der Waals surface area (Å²) in [5, 5.41) is 0.353. The number of benzene rings is 1. The van der Waals surface area contributed by atoms with Crippen molar-refractivity contribution in [2.24, 2.45) is 0 Å². The molecule has 0 aliphatic heterocycles. The SMILES string of the molecule is C/C=C(\C)C(O[Si](C)(C)C(C)(C)C)[Si](C)(C)C(C)(C)c1ccccc1. The van der Waals surface area contributed by atoms with Crippen LogP contribution in [-0.4, -0.2) is 22.1 Å². The molecule has 0 N–H and O–H groups in total. The van der Waals surface area contributed by atoms with Crippen LogP contribution in [0.25, 0.3) is 0 Å². The average Bonchev–Trinajstić information content (AvgIpc) is 2.51. The summed E-state index contributed by atoms with van der Waals surface area (Å²) < 4.78 is 7.06. The predicted octanol–water partition coefficient (Wildman–Crippen LogP) is 7.11. The first-order valence-electron chi connectivity index (χ1n) is 9.54. The van der Waals surface area contributed by atoms with E-state index in [0.717, 1.165) is 0 Å². The number of hydrogen-bond donors (Lipinski definition) is 0. The highest BCUT2D eigenvalue weighted by atomic mass is 28.4.